The molecule has 0 amide bonds. The maximum absolute atomic E-state index is 11.4. The van der Waals surface area contributed by atoms with E-state index in [9.17, 15) is 9.90 Å². The highest BCUT2D eigenvalue weighted by Gasteiger charge is 2.50. The van der Waals surface area contributed by atoms with Crippen LogP contribution in [0.2, 0.25) is 0 Å². The molecule has 0 saturated carbocycles. The molecule has 0 bridgehead atoms. The third-order valence-electron chi connectivity index (χ3n) is 4.82. The molecule has 26 heavy (non-hydrogen) atoms. The van der Waals surface area contributed by atoms with Gasteiger partial charge in [0.25, 0.3) is 0 Å². The van der Waals surface area contributed by atoms with E-state index >= 15 is 0 Å². The molecule has 0 aromatic heterocycles. The lowest BCUT2D eigenvalue weighted by molar-refractivity contribution is -0.136. The molecule has 2 nitrogen and oxygen atoms in total. The summed E-state index contributed by atoms with van der Waals surface area (Å²) in [4.78, 5) is 11.4. The van der Waals surface area contributed by atoms with Crippen LogP contribution in [0.4, 0.5) is 0 Å². The molecule has 0 saturated heterocycles. The van der Waals surface area contributed by atoms with E-state index in [-0.39, 0.29) is 1.43 Å². The van der Waals surface area contributed by atoms with Gasteiger partial charge in [0.2, 0.25) is 0 Å². The van der Waals surface area contributed by atoms with Gasteiger partial charge < -0.3 is 5.11 Å². The van der Waals surface area contributed by atoms with E-state index in [1.165, 1.54) is 89.9 Å². The third kappa shape index (κ3) is 13.6. The minimum absolute atomic E-state index is 0.230. The number of halogens is 4. The Kier molecular flexibility index (Phi) is 18.7. The van der Waals surface area contributed by atoms with E-state index in [4.69, 9.17) is 0 Å². The fourth-order valence-corrected chi connectivity index (χ4v) is 4.80. The van der Waals surface area contributed by atoms with Gasteiger partial charge in [-0.1, -0.05) is 194 Å². The first kappa shape index (κ1) is 28.4. The summed E-state index contributed by atoms with van der Waals surface area (Å²) in [5.74, 6) is -0.719. The number of hydrogen-bond donors (Lipinski definition) is 1. The smallest absolute Gasteiger partial charge is 0.331 e. The van der Waals surface area contributed by atoms with Gasteiger partial charge in [0.1, 0.15) is 1.43 Å². The number of carbonyl (C=O) groups is 1. The quantitative estimate of drug-likeness (QED) is 0.0851. The van der Waals surface area contributed by atoms with Crippen LogP contribution in [0.5, 0.6) is 0 Å². The Morgan fingerprint density at radius 1 is 0.654 bits per heavy atom. The average molecular weight is 816 g/mol. The van der Waals surface area contributed by atoms with Crippen molar-refractivity contribution in [3.05, 3.63) is 0 Å². The van der Waals surface area contributed by atoms with Crippen molar-refractivity contribution in [1.82, 2.24) is 0 Å². The Hall–Kier alpha value is 2.39. The van der Waals surface area contributed by atoms with Gasteiger partial charge in [-0.3, -0.25) is 0 Å². The van der Waals surface area contributed by atoms with Crippen molar-refractivity contribution in [3.63, 3.8) is 0 Å². The highest BCUT2D eigenvalue weighted by Crippen LogP contribution is 2.52. The first-order valence-electron chi connectivity index (χ1n) is 10.2. The monoisotopic (exact) mass is 816 g/mol. The molecule has 6 heteroatoms. The van der Waals surface area contributed by atoms with Gasteiger partial charge in [-0.15, -0.1) is 0 Å². The van der Waals surface area contributed by atoms with Crippen LogP contribution < -0.4 is 0 Å². The molecule has 0 aliphatic carbocycles. The molecule has 0 rings (SSSR count). The summed E-state index contributed by atoms with van der Waals surface area (Å²) in [6, 6.07) is 0. The number of aliphatic carboxylic acids is 1. The third-order valence-corrected chi connectivity index (χ3v) is 14.4. The normalized spacial score (nSPS) is 12.5. The maximum atomic E-state index is 11.4. The summed E-state index contributed by atoms with van der Waals surface area (Å²) in [7, 11) is 0. The molecule has 156 valence electrons. The Morgan fingerprint density at radius 3 is 1.27 bits per heavy atom. The molecule has 0 atom stereocenters. The number of hydrogen-bond acceptors (Lipinski definition) is 1. The van der Waals surface area contributed by atoms with Crippen molar-refractivity contribution in [2.24, 2.45) is 0 Å². The molecule has 0 aromatic rings. The topological polar surface area (TPSA) is 37.3 Å². The Morgan fingerprint density at radius 2 is 0.962 bits per heavy atom. The van der Waals surface area contributed by atoms with Gasteiger partial charge >= 0.3 is 5.97 Å². The summed E-state index contributed by atoms with van der Waals surface area (Å²) >= 11 is 8.81. The molecule has 0 aliphatic heterocycles. The van der Waals surface area contributed by atoms with Crippen LogP contribution in [0.1, 0.15) is 110 Å². The molecule has 1 N–H and O–H groups in total. The summed E-state index contributed by atoms with van der Waals surface area (Å²) in [6.07, 6.45) is 21.5. The molecule has 0 aliphatic rings. The average Bonchev–Trinajstić information content (AvgIpc) is 2.58. The predicted molar refractivity (Wildman–Crippen MR) is 149 cm³/mol. The largest absolute Gasteiger partial charge is 0.480 e. The highest BCUT2D eigenvalue weighted by molar-refractivity contribution is 14.2. The van der Waals surface area contributed by atoms with Crippen LogP contribution >= 0.6 is 90.4 Å². The zero-order valence-electron chi connectivity index (χ0n) is 16.2. The highest BCUT2D eigenvalue weighted by atomic mass is 127. The number of alkyl halides is 4. The summed E-state index contributed by atoms with van der Waals surface area (Å²) in [5.41, 5.74) is 0. The van der Waals surface area contributed by atoms with E-state index in [0.29, 0.717) is 0 Å². The fourth-order valence-electron chi connectivity index (χ4n) is 3.03. The predicted octanol–water partition coefficient (Wildman–Crippen LogP) is 9.47. The molecule has 0 radical (unpaired) electrons. The van der Waals surface area contributed by atoms with Gasteiger partial charge in [-0.2, -0.15) is 0 Å². The van der Waals surface area contributed by atoms with Crippen molar-refractivity contribution in [2.75, 3.05) is 0 Å². The lowest BCUT2D eigenvalue weighted by Gasteiger charge is -2.31. The summed E-state index contributed by atoms with van der Waals surface area (Å²) < 4.78 is -0.967. The van der Waals surface area contributed by atoms with Gasteiger partial charge in [-0.25, -0.2) is 4.79 Å². The van der Waals surface area contributed by atoms with Crippen LogP contribution in [0.3, 0.4) is 0 Å². The first-order valence-corrected chi connectivity index (χ1v) is 14.6. The molecule has 0 unspecified atom stereocenters. The van der Waals surface area contributed by atoms with E-state index in [2.05, 4.69) is 97.3 Å². The van der Waals surface area contributed by atoms with Crippen molar-refractivity contribution < 1.29 is 9.90 Å². The molecule has 0 fully saturated rings. The Labute approximate surface area is 216 Å². The van der Waals surface area contributed by atoms with Crippen molar-refractivity contribution in [1.29, 1.82) is 0 Å². The SMILES string of the molecule is CCCCCCCCCCCCCCCCCC(I)(I)C(I)(I)C(=O)O. The van der Waals surface area contributed by atoms with Crippen molar-refractivity contribution in [2.45, 2.75) is 113 Å². The number of carboxylic acid groups (broad SMARTS) is 1. The number of unbranched alkanes of at least 4 members (excludes halogenated alkanes) is 14. The maximum Gasteiger partial charge on any atom is 0.331 e. The molecule has 0 heterocycles. The number of rotatable bonds is 18. The van der Waals surface area contributed by atoms with Crippen molar-refractivity contribution in [3.8, 4) is 0 Å². The van der Waals surface area contributed by atoms with E-state index in [0.717, 1.165) is 12.8 Å². The Bertz CT molecular complexity index is 360. The second-order valence-corrected chi connectivity index (χ2v) is 18.3. The minimum atomic E-state index is -0.736. The van der Waals surface area contributed by atoms with Gasteiger partial charge in [0.05, 0.1) is 0 Å². The lowest BCUT2D eigenvalue weighted by atomic mass is 10.0. The van der Waals surface area contributed by atoms with Crippen LogP contribution in [0.25, 0.3) is 0 Å². The fraction of sp³-hybridized carbons (Fsp3) is 0.950. The standard InChI is InChI=1S/C20H36I4O2/c1-2-3-4-5-6-7-8-9-10-11-12-13-14-15-16-17-19(21,22)20(23,24)18(25)26/h2-17H2,1H3,(H,25,26). The van der Waals surface area contributed by atoms with Crippen LogP contribution in [0, 0.1) is 0 Å². The van der Waals surface area contributed by atoms with E-state index < -0.39 is 7.40 Å². The second-order valence-electron chi connectivity index (χ2n) is 7.28. The molecule has 0 aromatic carbocycles. The molecule has 0 spiro atoms. The zero-order chi connectivity index (χ0) is 19.9. The van der Waals surface area contributed by atoms with E-state index in [1.54, 1.807) is 0 Å². The van der Waals surface area contributed by atoms with E-state index in [1.807, 2.05) is 0 Å². The second kappa shape index (κ2) is 17.1. The van der Waals surface area contributed by atoms with Crippen molar-refractivity contribution >= 4 is 96.3 Å². The minimum Gasteiger partial charge on any atom is -0.480 e. The molecular formula is C20H36I4O2. The Balaban J connectivity index is 3.43. The number of carboxylic acids is 1. The summed E-state index contributed by atoms with van der Waals surface area (Å²) in [5, 5.41) is 9.38. The van der Waals surface area contributed by atoms with Gasteiger partial charge in [-0.05, 0) is 6.42 Å². The zero-order valence-corrected chi connectivity index (χ0v) is 24.8. The van der Waals surface area contributed by atoms with Crippen LogP contribution in [0.15, 0.2) is 0 Å². The van der Waals surface area contributed by atoms with Gasteiger partial charge in [0, 0.05) is 0 Å². The van der Waals surface area contributed by atoms with Crippen LogP contribution in [-0.4, -0.2) is 13.9 Å². The lowest BCUT2D eigenvalue weighted by Crippen LogP contribution is -2.41. The van der Waals surface area contributed by atoms with Crippen LogP contribution in [-0.2, 0) is 4.79 Å². The molecular weight excluding hydrogens is 780 g/mol. The first-order chi connectivity index (χ1) is 12.3. The van der Waals surface area contributed by atoms with Gasteiger partial charge in [0.15, 0.2) is 1.43 Å². The summed E-state index contributed by atoms with van der Waals surface area (Å²) in [6.45, 7) is 2.28.